The number of halogens is 3. The predicted octanol–water partition coefficient (Wildman–Crippen LogP) is -0.971. The quantitative estimate of drug-likeness (QED) is 0.685. The van der Waals surface area contributed by atoms with E-state index >= 15 is 0 Å². The number of hydrogen-bond acceptors (Lipinski definition) is 4. The van der Waals surface area contributed by atoms with Crippen molar-refractivity contribution in [3.8, 4) is 0 Å². The molecule has 1 aliphatic heterocycles. The van der Waals surface area contributed by atoms with Crippen LogP contribution in [0.1, 0.15) is 0 Å². The van der Waals surface area contributed by atoms with Gasteiger partial charge in [-0.25, -0.2) is 0 Å². The summed E-state index contributed by atoms with van der Waals surface area (Å²) in [5, 5.41) is 4.59. The second kappa shape index (κ2) is 7.44. The molecule has 1 rings (SSSR count). The van der Waals surface area contributed by atoms with Gasteiger partial charge in [-0.1, -0.05) is 0 Å². The molecule has 1 aliphatic rings. The van der Waals surface area contributed by atoms with Gasteiger partial charge in [0.05, 0.1) is 19.6 Å². The Balaban J connectivity index is 2.23. The van der Waals surface area contributed by atoms with Crippen molar-refractivity contribution < 1.29 is 22.8 Å². The summed E-state index contributed by atoms with van der Waals surface area (Å²) in [7, 11) is 1.55. The summed E-state index contributed by atoms with van der Waals surface area (Å²) >= 11 is 0. The topological polar surface area (TPSA) is 64.7 Å². The molecule has 1 heterocycles. The first-order valence-electron chi connectivity index (χ1n) is 6.30. The van der Waals surface area contributed by atoms with Crippen LogP contribution in [0.3, 0.4) is 0 Å². The molecule has 0 aromatic rings. The van der Waals surface area contributed by atoms with E-state index in [2.05, 4.69) is 10.6 Å². The molecule has 0 unspecified atom stereocenters. The Labute approximate surface area is 115 Å². The Kier molecular flexibility index (Phi) is 6.21. The Bertz CT molecular complexity index is 341. The highest BCUT2D eigenvalue weighted by atomic mass is 19.4. The zero-order chi connectivity index (χ0) is 15.2. The molecule has 0 radical (unpaired) electrons. The first-order chi connectivity index (χ1) is 9.31. The molecule has 0 aliphatic carbocycles. The highest BCUT2D eigenvalue weighted by Gasteiger charge is 2.27. The summed E-state index contributed by atoms with van der Waals surface area (Å²) in [6.07, 6.45) is -4.31. The molecule has 116 valence electrons. The van der Waals surface area contributed by atoms with Crippen molar-refractivity contribution in [2.45, 2.75) is 6.18 Å². The largest absolute Gasteiger partial charge is 0.401 e. The monoisotopic (exact) mass is 296 g/mol. The smallest absolute Gasteiger partial charge is 0.358 e. The number of hydrogen-bond donors (Lipinski definition) is 2. The summed E-state index contributed by atoms with van der Waals surface area (Å²) in [4.78, 5) is 26.2. The van der Waals surface area contributed by atoms with Crippen LogP contribution in [-0.2, 0) is 9.59 Å². The summed E-state index contributed by atoms with van der Waals surface area (Å²) in [5.41, 5.74) is 0. The van der Waals surface area contributed by atoms with Crippen LogP contribution < -0.4 is 10.6 Å². The van der Waals surface area contributed by atoms with Gasteiger partial charge in [-0.05, 0) is 0 Å². The average Bonchev–Trinajstić information content (AvgIpc) is 2.37. The summed E-state index contributed by atoms with van der Waals surface area (Å²) in [6, 6.07) is 0. The average molecular weight is 296 g/mol. The Morgan fingerprint density at radius 3 is 2.25 bits per heavy atom. The number of likely N-dealkylation sites (N-methyl/N-ethyl adjacent to an activating group) is 1. The van der Waals surface area contributed by atoms with E-state index in [-0.39, 0.29) is 24.9 Å². The van der Waals surface area contributed by atoms with Gasteiger partial charge in [0.2, 0.25) is 11.8 Å². The summed E-state index contributed by atoms with van der Waals surface area (Å²) < 4.78 is 35.8. The van der Waals surface area contributed by atoms with Gasteiger partial charge in [-0.2, -0.15) is 13.2 Å². The van der Waals surface area contributed by atoms with Crippen LogP contribution in [0.5, 0.6) is 0 Å². The zero-order valence-corrected chi connectivity index (χ0v) is 11.3. The van der Waals surface area contributed by atoms with Gasteiger partial charge in [-0.15, -0.1) is 0 Å². The van der Waals surface area contributed by atoms with Crippen LogP contribution in [0.2, 0.25) is 0 Å². The van der Waals surface area contributed by atoms with E-state index in [9.17, 15) is 22.8 Å². The van der Waals surface area contributed by atoms with Gasteiger partial charge in [0.25, 0.3) is 0 Å². The molecule has 0 saturated carbocycles. The third-order valence-electron chi connectivity index (χ3n) is 2.97. The number of nitrogens with zero attached hydrogens (tertiary/aromatic N) is 2. The van der Waals surface area contributed by atoms with E-state index in [1.165, 1.54) is 4.90 Å². The maximum absolute atomic E-state index is 11.9. The van der Waals surface area contributed by atoms with Crippen LogP contribution in [-0.4, -0.2) is 80.7 Å². The van der Waals surface area contributed by atoms with Crippen molar-refractivity contribution in [1.82, 2.24) is 20.4 Å². The highest BCUT2D eigenvalue weighted by molar-refractivity contribution is 5.79. The Hall–Kier alpha value is -1.35. The van der Waals surface area contributed by atoms with Gasteiger partial charge >= 0.3 is 6.18 Å². The van der Waals surface area contributed by atoms with Gasteiger partial charge in [-0.3, -0.25) is 14.5 Å². The number of amides is 2. The van der Waals surface area contributed by atoms with E-state index in [0.717, 1.165) is 0 Å². The van der Waals surface area contributed by atoms with Crippen molar-refractivity contribution >= 4 is 11.8 Å². The molecule has 0 aromatic heterocycles. The molecule has 0 spiro atoms. The minimum atomic E-state index is -4.31. The minimum absolute atomic E-state index is 0.100. The van der Waals surface area contributed by atoms with Crippen molar-refractivity contribution in [2.24, 2.45) is 0 Å². The molecule has 2 N–H and O–H groups in total. The van der Waals surface area contributed by atoms with Crippen LogP contribution in [0.15, 0.2) is 0 Å². The fourth-order valence-corrected chi connectivity index (χ4v) is 1.86. The molecule has 20 heavy (non-hydrogen) atoms. The van der Waals surface area contributed by atoms with Gasteiger partial charge in [0.15, 0.2) is 0 Å². The minimum Gasteiger partial charge on any atom is -0.358 e. The van der Waals surface area contributed by atoms with E-state index in [0.29, 0.717) is 26.2 Å². The lowest BCUT2D eigenvalue weighted by Crippen LogP contribution is -2.52. The van der Waals surface area contributed by atoms with Crippen LogP contribution in [0, 0.1) is 0 Å². The molecule has 9 heteroatoms. The number of alkyl halides is 3. The number of carbonyl (C=O) groups is 2. The number of rotatable bonds is 5. The lowest BCUT2D eigenvalue weighted by molar-refractivity contribution is -0.135. The van der Waals surface area contributed by atoms with Gasteiger partial charge < -0.3 is 15.5 Å². The number of piperazine rings is 1. The maximum Gasteiger partial charge on any atom is 0.401 e. The number of nitrogens with one attached hydrogen (secondary N) is 2. The fraction of sp³-hybridized carbons (Fsp3) is 0.818. The van der Waals surface area contributed by atoms with Crippen LogP contribution in [0.25, 0.3) is 0 Å². The van der Waals surface area contributed by atoms with E-state index in [1.54, 1.807) is 7.05 Å². The number of carbonyl (C=O) groups excluding carboxylic acids is 2. The Morgan fingerprint density at radius 1 is 1.15 bits per heavy atom. The second-order valence-electron chi connectivity index (χ2n) is 4.55. The highest BCUT2D eigenvalue weighted by Crippen LogP contribution is 2.12. The fourth-order valence-electron chi connectivity index (χ4n) is 1.86. The van der Waals surface area contributed by atoms with Crippen molar-refractivity contribution in [3.05, 3.63) is 0 Å². The zero-order valence-electron chi connectivity index (χ0n) is 11.3. The molecular formula is C11H19F3N4O2. The molecule has 1 saturated heterocycles. The SMILES string of the molecule is CNC(=O)CN1CCN(C(=O)CNCC(F)(F)F)CC1. The standard InChI is InChI=1S/C11H19F3N4O2/c1-15-9(19)7-17-2-4-18(5-3-17)10(20)6-16-8-11(12,13)14/h16H,2-8H2,1H3,(H,15,19). The van der Waals surface area contributed by atoms with E-state index in [4.69, 9.17) is 0 Å². The maximum atomic E-state index is 11.9. The second-order valence-corrected chi connectivity index (χ2v) is 4.55. The summed E-state index contributed by atoms with van der Waals surface area (Å²) in [5.74, 6) is -0.453. The molecule has 0 bridgehead atoms. The van der Waals surface area contributed by atoms with Crippen LogP contribution in [0.4, 0.5) is 13.2 Å². The van der Waals surface area contributed by atoms with Crippen molar-refractivity contribution in [1.29, 1.82) is 0 Å². The Morgan fingerprint density at radius 2 is 1.75 bits per heavy atom. The molecule has 0 atom stereocenters. The third-order valence-corrected chi connectivity index (χ3v) is 2.97. The molecule has 2 amide bonds. The van der Waals surface area contributed by atoms with Crippen molar-refractivity contribution in [3.63, 3.8) is 0 Å². The lowest BCUT2D eigenvalue weighted by Gasteiger charge is -2.34. The molecule has 0 aromatic carbocycles. The molecule has 1 fully saturated rings. The predicted molar refractivity (Wildman–Crippen MR) is 66.0 cm³/mol. The first-order valence-corrected chi connectivity index (χ1v) is 6.30. The molecule has 6 nitrogen and oxygen atoms in total. The first kappa shape index (κ1) is 16.7. The molecular weight excluding hydrogens is 277 g/mol. The van der Waals surface area contributed by atoms with Gasteiger partial charge in [0, 0.05) is 33.2 Å². The summed E-state index contributed by atoms with van der Waals surface area (Å²) in [6.45, 7) is 0.694. The van der Waals surface area contributed by atoms with Crippen LogP contribution >= 0.6 is 0 Å². The lowest BCUT2D eigenvalue weighted by atomic mass is 10.3. The van der Waals surface area contributed by atoms with Crippen molar-refractivity contribution in [2.75, 3.05) is 52.9 Å². The van der Waals surface area contributed by atoms with E-state index in [1.807, 2.05) is 4.90 Å². The normalized spacial score (nSPS) is 17.1. The van der Waals surface area contributed by atoms with Gasteiger partial charge in [0.1, 0.15) is 0 Å². The third kappa shape index (κ3) is 6.20. The van der Waals surface area contributed by atoms with E-state index < -0.39 is 12.7 Å².